The van der Waals surface area contributed by atoms with Crippen molar-refractivity contribution in [1.82, 2.24) is 0 Å². The predicted octanol–water partition coefficient (Wildman–Crippen LogP) is 1.46. The topological polar surface area (TPSA) is 46.5 Å². The van der Waals surface area contributed by atoms with Gasteiger partial charge < -0.3 is 9.84 Å². The first kappa shape index (κ1) is 11.5. The van der Waals surface area contributed by atoms with Crippen LogP contribution in [0.3, 0.4) is 0 Å². The molecule has 0 fully saturated rings. The molecule has 3 nitrogen and oxygen atoms in total. The highest BCUT2D eigenvalue weighted by Crippen LogP contribution is 2.18. The van der Waals surface area contributed by atoms with Crippen molar-refractivity contribution in [3.05, 3.63) is 29.3 Å². The summed E-state index contributed by atoms with van der Waals surface area (Å²) < 4.78 is 4.51. The van der Waals surface area contributed by atoms with Crippen LogP contribution >= 0.6 is 12.6 Å². The van der Waals surface area contributed by atoms with Crippen molar-refractivity contribution in [3.63, 3.8) is 0 Å². The van der Waals surface area contributed by atoms with Gasteiger partial charge in [-0.25, -0.2) is 4.79 Å². The fourth-order valence-electron chi connectivity index (χ4n) is 1.02. The van der Waals surface area contributed by atoms with Crippen molar-refractivity contribution < 1.29 is 14.6 Å². The molecule has 15 heavy (non-hydrogen) atoms. The molecule has 0 saturated carbocycles. The third-order valence-electron chi connectivity index (χ3n) is 1.72. The number of aromatic hydroxyl groups is 1. The first-order valence-electron chi connectivity index (χ1n) is 4.20. The molecule has 1 aromatic rings. The quantitative estimate of drug-likeness (QED) is 0.429. The number of rotatable bonds is 1. The molecule has 78 valence electrons. The molecule has 0 unspecified atom stereocenters. The third-order valence-corrected chi connectivity index (χ3v) is 1.88. The zero-order valence-corrected chi connectivity index (χ0v) is 9.04. The van der Waals surface area contributed by atoms with Crippen LogP contribution in [0.2, 0.25) is 0 Å². The Morgan fingerprint density at radius 3 is 2.87 bits per heavy atom. The molecule has 1 aromatic carbocycles. The molecule has 0 atom stereocenters. The van der Waals surface area contributed by atoms with Crippen molar-refractivity contribution in [2.24, 2.45) is 0 Å². The van der Waals surface area contributed by atoms with Gasteiger partial charge >= 0.3 is 5.97 Å². The van der Waals surface area contributed by atoms with E-state index in [2.05, 4.69) is 29.2 Å². The standard InChI is InChI=1S/C11H10O3S/c1-14-11(13)9-5-4-8(3-2-6-15)10(12)7-9/h4-5,7,12,15H,6H2,1H3. The number of methoxy groups -OCH3 is 1. The smallest absolute Gasteiger partial charge is 0.337 e. The molecule has 0 heterocycles. The average molecular weight is 222 g/mol. The molecule has 0 radical (unpaired) electrons. The molecule has 0 amide bonds. The summed E-state index contributed by atoms with van der Waals surface area (Å²) in [7, 11) is 1.29. The third kappa shape index (κ3) is 2.93. The fraction of sp³-hybridized carbons (Fsp3) is 0.182. The first-order valence-corrected chi connectivity index (χ1v) is 4.83. The second-order valence-electron chi connectivity index (χ2n) is 2.68. The molecule has 0 saturated heterocycles. The number of benzene rings is 1. The summed E-state index contributed by atoms with van der Waals surface area (Å²) in [5.41, 5.74) is 0.767. The average Bonchev–Trinajstić information content (AvgIpc) is 2.26. The summed E-state index contributed by atoms with van der Waals surface area (Å²) in [6.07, 6.45) is 0. The Kier molecular flexibility index (Phi) is 4.07. The normalized spacial score (nSPS) is 8.93. The molecule has 1 rings (SSSR count). The molecular formula is C11H10O3S. The van der Waals surface area contributed by atoms with Gasteiger partial charge in [-0.3, -0.25) is 0 Å². The monoisotopic (exact) mass is 222 g/mol. The van der Waals surface area contributed by atoms with Gasteiger partial charge in [-0.1, -0.05) is 11.8 Å². The van der Waals surface area contributed by atoms with Gasteiger partial charge in [0.2, 0.25) is 0 Å². The van der Waals surface area contributed by atoms with Crippen LogP contribution in [-0.4, -0.2) is 23.9 Å². The number of phenolic OH excluding ortho intramolecular Hbond substituents is 1. The molecule has 0 bridgehead atoms. The van der Waals surface area contributed by atoms with Gasteiger partial charge in [0, 0.05) is 0 Å². The van der Waals surface area contributed by atoms with Crippen LogP contribution in [0.5, 0.6) is 5.75 Å². The summed E-state index contributed by atoms with van der Waals surface area (Å²) >= 11 is 3.92. The van der Waals surface area contributed by atoms with E-state index in [1.54, 1.807) is 12.1 Å². The molecule has 1 N–H and O–H groups in total. The van der Waals surface area contributed by atoms with E-state index in [4.69, 9.17) is 0 Å². The van der Waals surface area contributed by atoms with Gasteiger partial charge in [0.05, 0.1) is 24.0 Å². The Labute approximate surface area is 93.5 Å². The van der Waals surface area contributed by atoms with E-state index in [0.717, 1.165) is 0 Å². The lowest BCUT2D eigenvalue weighted by Gasteiger charge is -2.01. The second-order valence-corrected chi connectivity index (χ2v) is 3.00. The van der Waals surface area contributed by atoms with E-state index in [-0.39, 0.29) is 5.75 Å². The number of hydrogen-bond acceptors (Lipinski definition) is 4. The molecule has 0 aliphatic heterocycles. The first-order chi connectivity index (χ1) is 7.19. The van der Waals surface area contributed by atoms with Gasteiger partial charge in [-0.05, 0) is 18.2 Å². The lowest BCUT2D eigenvalue weighted by atomic mass is 10.1. The molecule has 4 heteroatoms. The van der Waals surface area contributed by atoms with Gasteiger partial charge in [-0.15, -0.1) is 0 Å². The Morgan fingerprint density at radius 1 is 1.60 bits per heavy atom. The van der Waals surface area contributed by atoms with E-state index in [1.165, 1.54) is 13.2 Å². The summed E-state index contributed by atoms with van der Waals surface area (Å²) in [4.78, 5) is 11.1. The maximum atomic E-state index is 11.1. The lowest BCUT2D eigenvalue weighted by Crippen LogP contribution is -2.00. The minimum atomic E-state index is -0.487. The predicted molar refractivity (Wildman–Crippen MR) is 60.2 cm³/mol. The number of carbonyl (C=O) groups is 1. The zero-order valence-electron chi connectivity index (χ0n) is 8.15. The Balaban J connectivity index is 3.03. The van der Waals surface area contributed by atoms with E-state index >= 15 is 0 Å². The Hall–Kier alpha value is -1.60. The van der Waals surface area contributed by atoms with Crippen LogP contribution in [0, 0.1) is 11.8 Å². The number of ether oxygens (including phenoxy) is 1. The van der Waals surface area contributed by atoms with Crippen LogP contribution in [0.25, 0.3) is 0 Å². The van der Waals surface area contributed by atoms with Crippen molar-refractivity contribution in [1.29, 1.82) is 0 Å². The highest BCUT2D eigenvalue weighted by atomic mass is 32.1. The molecule has 0 aliphatic rings. The van der Waals surface area contributed by atoms with Gasteiger partial charge in [0.1, 0.15) is 5.75 Å². The largest absolute Gasteiger partial charge is 0.507 e. The highest BCUT2D eigenvalue weighted by molar-refractivity contribution is 7.80. The zero-order chi connectivity index (χ0) is 11.3. The van der Waals surface area contributed by atoms with Crippen molar-refractivity contribution in [2.45, 2.75) is 0 Å². The van der Waals surface area contributed by atoms with Crippen LogP contribution in [0.4, 0.5) is 0 Å². The number of esters is 1. The Bertz CT molecular complexity index is 429. The van der Waals surface area contributed by atoms with Gasteiger partial charge in [0.15, 0.2) is 0 Å². The molecule has 0 aliphatic carbocycles. The van der Waals surface area contributed by atoms with Crippen LogP contribution < -0.4 is 0 Å². The van der Waals surface area contributed by atoms with E-state index in [9.17, 15) is 9.90 Å². The second kappa shape index (κ2) is 5.32. The fourth-order valence-corrected chi connectivity index (χ4v) is 1.10. The van der Waals surface area contributed by atoms with Crippen LogP contribution in [0.1, 0.15) is 15.9 Å². The number of thiol groups is 1. The molecule has 0 aromatic heterocycles. The number of phenols is 1. The number of carbonyl (C=O) groups excluding carboxylic acids is 1. The van der Waals surface area contributed by atoms with Crippen molar-refractivity contribution in [3.8, 4) is 17.6 Å². The van der Waals surface area contributed by atoms with Crippen LogP contribution in [0.15, 0.2) is 18.2 Å². The SMILES string of the molecule is COC(=O)c1ccc(C#CCS)c(O)c1. The summed E-state index contributed by atoms with van der Waals surface area (Å²) in [5.74, 6) is 5.32. The summed E-state index contributed by atoms with van der Waals surface area (Å²) in [6, 6.07) is 4.44. The number of hydrogen-bond donors (Lipinski definition) is 2. The minimum Gasteiger partial charge on any atom is -0.507 e. The Morgan fingerprint density at radius 2 is 2.33 bits per heavy atom. The highest BCUT2D eigenvalue weighted by Gasteiger charge is 2.07. The maximum Gasteiger partial charge on any atom is 0.337 e. The van der Waals surface area contributed by atoms with Crippen LogP contribution in [-0.2, 0) is 4.74 Å². The van der Waals surface area contributed by atoms with E-state index in [0.29, 0.717) is 16.9 Å². The van der Waals surface area contributed by atoms with E-state index in [1.807, 2.05) is 0 Å². The van der Waals surface area contributed by atoms with Crippen molar-refractivity contribution >= 4 is 18.6 Å². The maximum absolute atomic E-state index is 11.1. The molecular weight excluding hydrogens is 212 g/mol. The van der Waals surface area contributed by atoms with Gasteiger partial charge in [-0.2, -0.15) is 12.6 Å². The lowest BCUT2D eigenvalue weighted by molar-refractivity contribution is 0.0600. The van der Waals surface area contributed by atoms with Gasteiger partial charge in [0.25, 0.3) is 0 Å². The summed E-state index contributed by atoms with van der Waals surface area (Å²) in [6.45, 7) is 0. The molecule has 0 spiro atoms. The van der Waals surface area contributed by atoms with E-state index < -0.39 is 5.97 Å². The minimum absolute atomic E-state index is 0.0350. The summed E-state index contributed by atoms with van der Waals surface area (Å²) in [5, 5.41) is 9.53. The van der Waals surface area contributed by atoms with Crippen molar-refractivity contribution in [2.75, 3.05) is 12.9 Å².